The van der Waals surface area contributed by atoms with Crippen molar-refractivity contribution in [2.75, 3.05) is 6.61 Å². The summed E-state index contributed by atoms with van der Waals surface area (Å²) in [6.07, 6.45) is -3.65. The molecular formula is C24H34O12. The van der Waals surface area contributed by atoms with Crippen molar-refractivity contribution in [1.82, 2.24) is 0 Å². The summed E-state index contributed by atoms with van der Waals surface area (Å²) in [5, 5.41) is 10.0. The zero-order valence-electron chi connectivity index (χ0n) is 21.3. The third kappa shape index (κ3) is 10.2. The fourth-order valence-corrected chi connectivity index (χ4v) is 3.25. The van der Waals surface area contributed by atoms with Crippen LogP contribution in [0.5, 0.6) is 0 Å². The topological polar surface area (TPSA) is 161 Å². The van der Waals surface area contributed by atoms with Crippen molar-refractivity contribution in [3.8, 4) is 0 Å². The largest absolute Gasteiger partial charge is 0.463 e. The molecular weight excluding hydrogens is 480 g/mol. The highest BCUT2D eigenvalue weighted by molar-refractivity contribution is 5.87. The predicted molar refractivity (Wildman–Crippen MR) is 122 cm³/mol. The number of hydrogen-bond acceptors (Lipinski definition) is 12. The van der Waals surface area contributed by atoms with Crippen LogP contribution in [0.2, 0.25) is 0 Å². The van der Waals surface area contributed by atoms with E-state index in [-0.39, 0.29) is 5.57 Å². The zero-order chi connectivity index (χ0) is 27.6. The molecule has 1 rings (SSSR count). The summed E-state index contributed by atoms with van der Waals surface area (Å²) in [6.45, 7) is 10.5. The average Bonchev–Trinajstić information content (AvgIpc) is 2.75. The maximum absolute atomic E-state index is 12.8. The highest BCUT2D eigenvalue weighted by atomic mass is 16.7. The molecule has 12 heteroatoms. The molecule has 0 aliphatic carbocycles. The highest BCUT2D eigenvalue weighted by Crippen LogP contribution is 2.30. The smallest absolute Gasteiger partial charge is 0.335 e. The van der Waals surface area contributed by atoms with Crippen LogP contribution in [0.3, 0.4) is 0 Å². The van der Waals surface area contributed by atoms with Crippen LogP contribution in [-0.2, 0) is 52.4 Å². The molecule has 1 fully saturated rings. The Kier molecular flexibility index (Phi) is 11.7. The van der Waals surface area contributed by atoms with Gasteiger partial charge in [0, 0.05) is 33.3 Å². The van der Waals surface area contributed by atoms with Crippen molar-refractivity contribution in [3.63, 3.8) is 0 Å². The van der Waals surface area contributed by atoms with E-state index in [9.17, 15) is 29.1 Å². The first-order valence-corrected chi connectivity index (χ1v) is 11.2. The lowest BCUT2D eigenvalue weighted by Crippen LogP contribution is -2.63. The van der Waals surface area contributed by atoms with E-state index in [0.717, 1.165) is 27.7 Å². The van der Waals surface area contributed by atoms with Gasteiger partial charge >= 0.3 is 29.8 Å². The van der Waals surface area contributed by atoms with Crippen molar-refractivity contribution in [2.24, 2.45) is 0 Å². The number of aliphatic hydroxyl groups is 1. The van der Waals surface area contributed by atoms with E-state index < -0.39 is 72.8 Å². The highest BCUT2D eigenvalue weighted by Gasteiger charge is 2.53. The number of allylic oxidation sites excluding steroid dienone is 1. The first-order chi connectivity index (χ1) is 16.7. The van der Waals surface area contributed by atoms with Gasteiger partial charge in [0.1, 0.15) is 12.7 Å². The molecule has 1 N–H and O–H groups in total. The first-order valence-electron chi connectivity index (χ1n) is 11.2. The van der Waals surface area contributed by atoms with Crippen molar-refractivity contribution in [3.05, 3.63) is 24.3 Å². The van der Waals surface area contributed by atoms with E-state index in [4.69, 9.17) is 28.4 Å². The average molecular weight is 515 g/mol. The Morgan fingerprint density at radius 3 is 1.89 bits per heavy atom. The van der Waals surface area contributed by atoms with Gasteiger partial charge in [-0.3, -0.25) is 19.2 Å². The molecule has 1 aliphatic heterocycles. The molecule has 12 nitrogen and oxygen atoms in total. The Morgan fingerprint density at radius 2 is 1.39 bits per heavy atom. The second-order valence-electron chi connectivity index (χ2n) is 8.46. The van der Waals surface area contributed by atoms with E-state index in [1.54, 1.807) is 6.92 Å². The van der Waals surface area contributed by atoms with Gasteiger partial charge in [-0.25, -0.2) is 4.79 Å². The van der Waals surface area contributed by atoms with Gasteiger partial charge in [-0.1, -0.05) is 12.2 Å². The standard InChI is InChI=1S/C24H34O12/c1-8-24(7,30)11-9-10-13(2)22(29)36-23-21(34-17(6)28)20(33-16(5)27)19(32-15(4)26)18(35-23)12-31-14(3)25/h8,10,18-21,23,30H,1,9,11-12H2,2-7H3/b13-10+/t18-,19-,20+,21-,23+,24?/m1/s1. The maximum atomic E-state index is 12.8. The van der Waals surface area contributed by atoms with Gasteiger partial charge < -0.3 is 33.5 Å². The number of rotatable bonds is 11. The maximum Gasteiger partial charge on any atom is 0.335 e. The minimum Gasteiger partial charge on any atom is -0.463 e. The number of hydrogen-bond donors (Lipinski definition) is 1. The molecule has 202 valence electrons. The van der Waals surface area contributed by atoms with Crippen molar-refractivity contribution in [1.29, 1.82) is 0 Å². The molecule has 36 heavy (non-hydrogen) atoms. The van der Waals surface area contributed by atoms with E-state index in [1.165, 1.54) is 19.1 Å². The minimum absolute atomic E-state index is 0.155. The molecule has 1 unspecified atom stereocenters. The first kappa shape index (κ1) is 30.8. The fraction of sp³-hybridized carbons (Fsp3) is 0.625. The summed E-state index contributed by atoms with van der Waals surface area (Å²) < 4.78 is 31.9. The van der Waals surface area contributed by atoms with Gasteiger partial charge in [-0.2, -0.15) is 0 Å². The third-order valence-corrected chi connectivity index (χ3v) is 5.03. The summed E-state index contributed by atoms with van der Waals surface area (Å²) in [5.74, 6) is -3.93. The third-order valence-electron chi connectivity index (χ3n) is 5.03. The monoisotopic (exact) mass is 514 g/mol. The number of ether oxygens (including phenoxy) is 6. The summed E-state index contributed by atoms with van der Waals surface area (Å²) in [4.78, 5) is 59.5. The van der Waals surface area contributed by atoms with Gasteiger partial charge in [0.05, 0.1) is 5.60 Å². The van der Waals surface area contributed by atoms with Crippen LogP contribution in [0.15, 0.2) is 24.3 Å². The Morgan fingerprint density at radius 1 is 0.861 bits per heavy atom. The van der Waals surface area contributed by atoms with Crippen molar-refractivity contribution < 1.29 is 57.5 Å². The quantitative estimate of drug-likeness (QED) is 0.182. The second kappa shape index (κ2) is 13.7. The Hall–Kier alpha value is -3.25. The van der Waals surface area contributed by atoms with Crippen molar-refractivity contribution in [2.45, 2.75) is 90.7 Å². The molecule has 1 aliphatic rings. The normalized spacial score (nSPS) is 25.5. The summed E-state index contributed by atoms with van der Waals surface area (Å²) in [5.41, 5.74) is -0.969. The molecule has 0 spiro atoms. The van der Waals surface area contributed by atoms with Gasteiger partial charge in [-0.05, 0) is 26.7 Å². The van der Waals surface area contributed by atoms with Gasteiger partial charge in [0.25, 0.3) is 0 Å². The summed E-state index contributed by atoms with van der Waals surface area (Å²) in [7, 11) is 0. The SMILES string of the molecule is C=CC(C)(O)CC/C=C(\C)C(=O)O[C@@H]1O[C@H](COC(C)=O)[C@@H](OC(C)=O)[C@H](OC(C)=O)[C@H]1OC(C)=O. The molecule has 0 bridgehead atoms. The minimum atomic E-state index is -1.61. The molecule has 0 radical (unpaired) electrons. The van der Waals surface area contributed by atoms with Crippen LogP contribution in [0.4, 0.5) is 0 Å². The van der Waals surface area contributed by atoms with E-state index in [1.807, 2.05) is 0 Å². The molecule has 6 atom stereocenters. The van der Waals surface area contributed by atoms with Gasteiger partial charge in [0.2, 0.25) is 12.4 Å². The molecule has 1 heterocycles. The number of carbonyl (C=O) groups is 5. The van der Waals surface area contributed by atoms with Crippen LogP contribution in [0.1, 0.15) is 54.4 Å². The molecule has 0 saturated carbocycles. The molecule has 0 aromatic carbocycles. The Balaban J connectivity index is 3.28. The van der Waals surface area contributed by atoms with Crippen LogP contribution >= 0.6 is 0 Å². The lowest BCUT2D eigenvalue weighted by Gasteiger charge is -2.43. The lowest BCUT2D eigenvalue weighted by molar-refractivity contribution is -0.299. The van der Waals surface area contributed by atoms with E-state index >= 15 is 0 Å². The fourth-order valence-electron chi connectivity index (χ4n) is 3.25. The van der Waals surface area contributed by atoms with Crippen LogP contribution < -0.4 is 0 Å². The zero-order valence-corrected chi connectivity index (χ0v) is 21.3. The van der Waals surface area contributed by atoms with E-state index in [0.29, 0.717) is 12.8 Å². The second-order valence-corrected chi connectivity index (χ2v) is 8.46. The molecule has 0 aromatic heterocycles. The van der Waals surface area contributed by atoms with Gasteiger partial charge in [0.15, 0.2) is 12.2 Å². The van der Waals surface area contributed by atoms with Crippen LogP contribution in [0.25, 0.3) is 0 Å². The van der Waals surface area contributed by atoms with Crippen LogP contribution in [-0.4, -0.2) is 77.9 Å². The Labute approximate surface area is 209 Å². The van der Waals surface area contributed by atoms with Crippen LogP contribution in [0, 0.1) is 0 Å². The van der Waals surface area contributed by atoms with Gasteiger partial charge in [-0.15, -0.1) is 6.58 Å². The Bertz CT molecular complexity index is 874. The van der Waals surface area contributed by atoms with E-state index in [2.05, 4.69) is 6.58 Å². The number of carbonyl (C=O) groups excluding carboxylic acids is 5. The molecule has 0 aromatic rings. The van der Waals surface area contributed by atoms with Crippen molar-refractivity contribution >= 4 is 29.8 Å². The summed E-state index contributed by atoms with van der Waals surface area (Å²) in [6, 6.07) is 0. The molecule has 0 amide bonds. The summed E-state index contributed by atoms with van der Waals surface area (Å²) >= 11 is 0. The number of esters is 5. The predicted octanol–water partition coefficient (Wildman–Crippen LogP) is 1.28. The molecule has 1 saturated heterocycles. The lowest BCUT2D eigenvalue weighted by atomic mass is 9.98.